The molecule has 154 valence electrons. The van der Waals surface area contributed by atoms with E-state index in [1.165, 1.54) is 48.8 Å². The van der Waals surface area contributed by atoms with Crippen LogP contribution < -0.4 is 5.73 Å². The van der Waals surface area contributed by atoms with E-state index in [-0.39, 0.29) is 5.91 Å². The molecule has 0 atom stereocenters. The Kier molecular flexibility index (Phi) is 6.27. The zero-order valence-corrected chi connectivity index (χ0v) is 17.7. The Bertz CT molecular complexity index is 1080. The summed E-state index contributed by atoms with van der Waals surface area (Å²) in [7, 11) is 0. The van der Waals surface area contributed by atoms with Crippen LogP contribution in [0.15, 0.2) is 60.8 Å². The second-order valence-electron chi connectivity index (χ2n) is 8.56. The van der Waals surface area contributed by atoms with Gasteiger partial charge in [-0.1, -0.05) is 62.4 Å². The molecular formula is C27H30N2O. The van der Waals surface area contributed by atoms with Crippen molar-refractivity contribution in [2.75, 3.05) is 0 Å². The normalized spacial score (nSPS) is 15.4. The van der Waals surface area contributed by atoms with Crippen molar-refractivity contribution in [1.82, 2.24) is 4.98 Å². The van der Waals surface area contributed by atoms with Crippen LogP contribution in [0.4, 0.5) is 0 Å². The summed E-state index contributed by atoms with van der Waals surface area (Å²) in [5, 5.41) is 1.08. The van der Waals surface area contributed by atoms with Crippen LogP contribution >= 0.6 is 0 Å². The molecule has 0 unspecified atom stereocenters. The molecular weight excluding hydrogens is 368 g/mol. The molecule has 4 rings (SSSR count). The van der Waals surface area contributed by atoms with Crippen molar-refractivity contribution in [2.45, 2.75) is 51.9 Å². The van der Waals surface area contributed by atoms with Crippen LogP contribution in [-0.4, -0.2) is 10.9 Å². The second kappa shape index (κ2) is 9.25. The molecule has 0 radical (unpaired) electrons. The Hall–Kier alpha value is -2.94. The Labute approximate surface area is 179 Å². The number of hydrogen-bond donors (Lipinski definition) is 1. The number of nitrogens with two attached hydrogens (primary N) is 1. The molecule has 1 amide bonds. The van der Waals surface area contributed by atoms with Gasteiger partial charge < -0.3 is 5.73 Å². The minimum absolute atomic E-state index is 0.387. The van der Waals surface area contributed by atoms with Gasteiger partial charge in [-0.15, -0.1) is 0 Å². The molecule has 1 heterocycles. The van der Waals surface area contributed by atoms with Gasteiger partial charge in [-0.05, 0) is 71.7 Å². The van der Waals surface area contributed by atoms with Crippen LogP contribution in [0.5, 0.6) is 0 Å². The maximum absolute atomic E-state index is 11.7. The molecule has 0 aliphatic heterocycles. The number of carbonyl (C=O) groups excluding carboxylic acids is 1. The number of aromatic nitrogens is 1. The topological polar surface area (TPSA) is 56.0 Å². The lowest BCUT2D eigenvalue weighted by Crippen LogP contribution is -2.09. The molecule has 1 fully saturated rings. The molecule has 1 aromatic heterocycles. The highest BCUT2D eigenvalue weighted by molar-refractivity contribution is 5.95. The van der Waals surface area contributed by atoms with Gasteiger partial charge in [0, 0.05) is 17.7 Å². The fraction of sp³-hybridized carbons (Fsp3) is 0.333. The van der Waals surface area contributed by atoms with Crippen molar-refractivity contribution >= 4 is 22.4 Å². The zero-order chi connectivity index (χ0) is 20.9. The molecule has 2 N–H and O–H groups in total. The van der Waals surface area contributed by atoms with Gasteiger partial charge >= 0.3 is 0 Å². The Balaban J connectivity index is 1.65. The fourth-order valence-corrected chi connectivity index (χ4v) is 4.68. The summed E-state index contributed by atoms with van der Waals surface area (Å²) in [6.07, 6.45) is 12.1. The highest BCUT2D eigenvalue weighted by Gasteiger charge is 2.15. The van der Waals surface area contributed by atoms with Gasteiger partial charge in [-0.3, -0.25) is 9.78 Å². The predicted molar refractivity (Wildman–Crippen MR) is 125 cm³/mol. The number of primary amides is 1. The van der Waals surface area contributed by atoms with E-state index in [4.69, 9.17) is 5.73 Å². The predicted octanol–water partition coefficient (Wildman–Crippen LogP) is 6.44. The van der Waals surface area contributed by atoms with Crippen LogP contribution in [0.3, 0.4) is 0 Å². The van der Waals surface area contributed by atoms with Gasteiger partial charge in [0.2, 0.25) is 5.91 Å². The summed E-state index contributed by atoms with van der Waals surface area (Å²) in [4.78, 5) is 16.4. The first-order valence-electron chi connectivity index (χ1n) is 11.1. The van der Waals surface area contributed by atoms with Crippen molar-refractivity contribution in [3.8, 4) is 11.1 Å². The summed E-state index contributed by atoms with van der Waals surface area (Å²) < 4.78 is 0. The highest BCUT2D eigenvalue weighted by Crippen LogP contribution is 2.32. The van der Waals surface area contributed by atoms with Crippen LogP contribution in [0.2, 0.25) is 0 Å². The Morgan fingerprint density at radius 2 is 1.90 bits per heavy atom. The van der Waals surface area contributed by atoms with E-state index in [0.717, 1.165) is 40.8 Å². The number of hydrogen-bond acceptors (Lipinski definition) is 2. The van der Waals surface area contributed by atoms with E-state index >= 15 is 0 Å². The second-order valence-corrected chi connectivity index (χ2v) is 8.56. The molecule has 3 nitrogen and oxygen atoms in total. The molecule has 3 aromatic rings. The molecule has 1 aliphatic rings. The van der Waals surface area contributed by atoms with Gasteiger partial charge in [-0.2, -0.15) is 0 Å². The molecule has 0 spiro atoms. The van der Waals surface area contributed by atoms with Gasteiger partial charge in [0.15, 0.2) is 0 Å². The van der Waals surface area contributed by atoms with Crippen molar-refractivity contribution < 1.29 is 4.79 Å². The van der Waals surface area contributed by atoms with Crippen LogP contribution in [0.1, 0.15) is 56.1 Å². The lowest BCUT2D eigenvalue weighted by Gasteiger charge is -2.22. The van der Waals surface area contributed by atoms with Crippen molar-refractivity contribution in [3.05, 3.63) is 71.9 Å². The number of fused-ring (bicyclic) bond motifs is 1. The number of rotatable bonds is 6. The van der Waals surface area contributed by atoms with Gasteiger partial charge in [0.05, 0.1) is 5.52 Å². The maximum Gasteiger partial charge on any atom is 0.241 e. The lowest BCUT2D eigenvalue weighted by atomic mass is 9.84. The molecule has 1 saturated carbocycles. The Morgan fingerprint density at radius 3 is 2.67 bits per heavy atom. The molecule has 2 aromatic carbocycles. The van der Waals surface area contributed by atoms with Gasteiger partial charge in [0.25, 0.3) is 0 Å². The van der Waals surface area contributed by atoms with E-state index in [2.05, 4.69) is 60.4 Å². The van der Waals surface area contributed by atoms with Crippen molar-refractivity contribution in [2.24, 2.45) is 11.7 Å². The van der Waals surface area contributed by atoms with Gasteiger partial charge in [-0.25, -0.2) is 0 Å². The minimum atomic E-state index is -0.387. The maximum atomic E-state index is 11.7. The van der Waals surface area contributed by atoms with Crippen molar-refractivity contribution in [1.29, 1.82) is 0 Å². The number of benzene rings is 2. The average Bonchev–Trinajstić information content (AvgIpc) is 2.76. The third-order valence-electron chi connectivity index (χ3n) is 6.37. The largest absolute Gasteiger partial charge is 0.366 e. The van der Waals surface area contributed by atoms with E-state index in [1.54, 1.807) is 6.08 Å². The van der Waals surface area contributed by atoms with E-state index in [9.17, 15) is 4.79 Å². The number of carbonyl (C=O) groups is 1. The number of amides is 1. The average molecular weight is 399 g/mol. The lowest BCUT2D eigenvalue weighted by molar-refractivity contribution is -0.113. The third kappa shape index (κ3) is 4.79. The van der Waals surface area contributed by atoms with Crippen molar-refractivity contribution in [3.63, 3.8) is 0 Å². The van der Waals surface area contributed by atoms with E-state index in [0.29, 0.717) is 0 Å². The first-order valence-corrected chi connectivity index (χ1v) is 11.1. The van der Waals surface area contributed by atoms with E-state index in [1.807, 2.05) is 6.20 Å². The number of pyridine rings is 1. The fourth-order valence-electron chi connectivity index (χ4n) is 4.68. The molecule has 0 saturated heterocycles. The summed E-state index contributed by atoms with van der Waals surface area (Å²) >= 11 is 0. The smallest absolute Gasteiger partial charge is 0.241 e. The van der Waals surface area contributed by atoms with Crippen LogP contribution in [-0.2, 0) is 4.79 Å². The number of aryl methyl sites for hydroxylation is 1. The summed E-state index contributed by atoms with van der Waals surface area (Å²) in [6.45, 7) is 2.13. The summed E-state index contributed by atoms with van der Waals surface area (Å²) in [5.74, 6) is 0.374. The Morgan fingerprint density at radius 1 is 1.10 bits per heavy atom. The minimum Gasteiger partial charge on any atom is -0.366 e. The molecule has 0 bridgehead atoms. The van der Waals surface area contributed by atoms with Gasteiger partial charge in [0.1, 0.15) is 0 Å². The standard InChI is InChI=1S/C27H30N2O/c1-19-7-5-6-10-25(19)22-13-14-26-23(15-22)16-24(18-29-26)21(17-27(28)30)12-11-20-8-3-2-4-9-20/h5-7,10,13-18,20H,2-4,8-9,11-12H2,1H3,(H2,28,30). The number of allylic oxidation sites excluding steroid dienone is 1. The number of nitrogens with zero attached hydrogens (tertiary/aromatic N) is 1. The quantitative estimate of drug-likeness (QED) is 0.486. The monoisotopic (exact) mass is 398 g/mol. The SMILES string of the molecule is Cc1ccccc1-c1ccc2ncc(C(=CC(N)=O)CCC3CCCCC3)cc2c1. The molecule has 1 aliphatic carbocycles. The third-order valence-corrected chi connectivity index (χ3v) is 6.37. The first-order chi connectivity index (χ1) is 14.6. The summed E-state index contributed by atoms with van der Waals surface area (Å²) in [5.41, 5.74) is 12.2. The molecule has 3 heteroatoms. The summed E-state index contributed by atoms with van der Waals surface area (Å²) in [6, 6.07) is 17.0. The zero-order valence-electron chi connectivity index (χ0n) is 17.7. The molecule has 30 heavy (non-hydrogen) atoms. The van der Waals surface area contributed by atoms with E-state index < -0.39 is 0 Å². The van der Waals surface area contributed by atoms with Crippen LogP contribution in [0.25, 0.3) is 27.6 Å². The first kappa shape index (κ1) is 20.3. The highest BCUT2D eigenvalue weighted by atomic mass is 16.1. The van der Waals surface area contributed by atoms with Crippen LogP contribution in [0, 0.1) is 12.8 Å².